The van der Waals surface area contributed by atoms with Gasteiger partial charge in [-0.1, -0.05) is 0 Å². The fraction of sp³-hybridized carbons (Fsp3) is 0.182. The molecule has 8 heteroatoms. The summed E-state index contributed by atoms with van der Waals surface area (Å²) in [5, 5.41) is 21.7. The van der Waals surface area contributed by atoms with E-state index in [1.54, 1.807) is 34.0 Å². The number of hydrogen-bond acceptors (Lipinski definition) is 6. The molecular weight excluding hydrogens is 561 g/mol. The van der Waals surface area contributed by atoms with Gasteiger partial charge in [0, 0.05) is 30.8 Å². The van der Waals surface area contributed by atoms with E-state index in [0.717, 1.165) is 43.6 Å². The van der Waals surface area contributed by atoms with Crippen LogP contribution in [-0.4, -0.2) is 6.54 Å². The van der Waals surface area contributed by atoms with E-state index in [9.17, 15) is 10.5 Å². The highest BCUT2D eigenvalue weighted by molar-refractivity contribution is 7.28. The minimum absolute atomic E-state index is 0. The Kier molecular flexibility index (Phi) is 7.51. The van der Waals surface area contributed by atoms with E-state index in [1.165, 1.54) is 14.6 Å². The zero-order chi connectivity index (χ0) is 20.5. The summed E-state index contributed by atoms with van der Waals surface area (Å²) in [6.07, 6.45) is 1.00. The van der Waals surface area contributed by atoms with Crippen molar-refractivity contribution in [1.82, 2.24) is 0 Å². The lowest BCUT2D eigenvalue weighted by molar-refractivity contribution is -0.366. The van der Waals surface area contributed by atoms with Gasteiger partial charge in [-0.2, -0.15) is 10.5 Å². The smallest absolute Gasteiger partial charge is 0.102 e. The van der Waals surface area contributed by atoms with Crippen LogP contribution in [0.2, 0.25) is 0 Å². The first-order chi connectivity index (χ1) is 14.1. The summed E-state index contributed by atoms with van der Waals surface area (Å²) in [6, 6.07) is 13.2. The zero-order valence-electron chi connectivity index (χ0n) is 16.4. The van der Waals surface area contributed by atoms with E-state index in [2.05, 4.69) is 49.1 Å². The third-order valence-electron chi connectivity index (χ3n) is 4.65. The second-order valence-electron chi connectivity index (χ2n) is 6.66. The molecule has 0 aliphatic carbocycles. The molecule has 0 saturated heterocycles. The van der Waals surface area contributed by atoms with E-state index < -0.39 is 0 Å². The fourth-order valence-electron chi connectivity index (χ4n) is 3.22. The lowest BCUT2D eigenvalue weighted by atomic mass is 10.1. The summed E-state index contributed by atoms with van der Waals surface area (Å²) < 4.78 is 0. The van der Waals surface area contributed by atoms with Gasteiger partial charge in [-0.25, -0.2) is 0 Å². The van der Waals surface area contributed by atoms with Crippen LogP contribution in [0.25, 0.3) is 29.3 Å². The van der Waals surface area contributed by atoms with Gasteiger partial charge in [-0.3, -0.25) is 0 Å². The van der Waals surface area contributed by atoms with Crippen LogP contribution >= 0.6 is 45.3 Å². The first-order valence-electron chi connectivity index (χ1n) is 9.08. The number of nitriles is 2. The van der Waals surface area contributed by atoms with Crippen LogP contribution in [0.15, 0.2) is 29.6 Å². The van der Waals surface area contributed by atoms with Crippen LogP contribution in [0.3, 0.4) is 0 Å². The Bertz CT molecular complexity index is 1280. The average molecular weight is 580 g/mol. The highest BCUT2D eigenvalue weighted by Crippen LogP contribution is 2.49. The molecule has 0 amide bonds. The molecule has 0 aliphatic rings. The molecule has 0 bridgehead atoms. The Labute approximate surface area is 209 Å². The Balaban J connectivity index is 0.00000256. The molecule has 3 N–H and O–H groups in total. The molecule has 0 aromatic carbocycles. The van der Waals surface area contributed by atoms with Gasteiger partial charge in [0.05, 0.1) is 27.4 Å². The van der Waals surface area contributed by atoms with Crippen molar-refractivity contribution in [2.75, 3.05) is 6.54 Å². The normalized spacial score (nSPS) is 10.4. The van der Waals surface area contributed by atoms with Gasteiger partial charge in [-0.05, 0) is 54.6 Å². The number of hydrogen-bond donors (Lipinski definition) is 1. The molecule has 0 atom stereocenters. The molecule has 30 heavy (non-hydrogen) atoms. The maximum atomic E-state index is 9.86. The minimum Gasteiger partial charge on any atom is -1.00 e. The van der Waals surface area contributed by atoms with E-state index >= 15 is 0 Å². The molecule has 0 unspecified atom stereocenters. The van der Waals surface area contributed by atoms with Gasteiger partial charge in [-0.15, -0.1) is 45.3 Å². The third-order valence-corrected chi connectivity index (χ3v) is 9.76. The summed E-state index contributed by atoms with van der Waals surface area (Å²) in [4.78, 5) is 7.80. The van der Waals surface area contributed by atoms with E-state index in [-0.39, 0.29) is 24.0 Å². The molecule has 0 saturated carbocycles. The van der Waals surface area contributed by atoms with Crippen LogP contribution < -0.4 is 29.7 Å². The second-order valence-corrected chi connectivity index (χ2v) is 10.8. The molecule has 4 aromatic heterocycles. The molecule has 152 valence electrons. The summed E-state index contributed by atoms with van der Waals surface area (Å²) in [7, 11) is 0. The Morgan fingerprint density at radius 2 is 1.53 bits per heavy atom. The van der Waals surface area contributed by atoms with Crippen molar-refractivity contribution in [3.8, 4) is 41.4 Å². The van der Waals surface area contributed by atoms with E-state index in [1.807, 2.05) is 23.6 Å². The molecule has 0 radical (unpaired) electrons. The summed E-state index contributed by atoms with van der Waals surface area (Å²) in [6.45, 7) is 5.03. The quantitative estimate of drug-likeness (QED) is 0.369. The second kappa shape index (κ2) is 9.73. The largest absolute Gasteiger partial charge is 1.00 e. The van der Waals surface area contributed by atoms with Crippen LogP contribution in [0.4, 0.5) is 0 Å². The lowest BCUT2D eigenvalue weighted by Crippen LogP contribution is -3.00. The Morgan fingerprint density at radius 3 is 2.13 bits per heavy atom. The molecule has 0 aliphatic heterocycles. The number of aryl methyl sites for hydroxylation is 2. The Hall–Kier alpha value is -1.53. The number of quaternary nitrogens is 1. The van der Waals surface area contributed by atoms with Gasteiger partial charge in [0.2, 0.25) is 0 Å². The van der Waals surface area contributed by atoms with Crippen molar-refractivity contribution in [2.24, 2.45) is 0 Å². The molecule has 4 rings (SSSR count). The number of nitrogens with zero attached hydrogens (tertiary/aromatic N) is 2. The molecule has 0 spiro atoms. The predicted molar refractivity (Wildman–Crippen MR) is 125 cm³/mol. The van der Waals surface area contributed by atoms with Crippen molar-refractivity contribution in [3.63, 3.8) is 0 Å². The van der Waals surface area contributed by atoms with Crippen LogP contribution in [0.1, 0.15) is 27.1 Å². The predicted octanol–water partition coefficient (Wildman–Crippen LogP) is 3.08. The van der Waals surface area contributed by atoms with Crippen molar-refractivity contribution in [1.29, 1.82) is 10.5 Å². The first-order valence-corrected chi connectivity index (χ1v) is 12.4. The van der Waals surface area contributed by atoms with Crippen molar-refractivity contribution >= 4 is 45.3 Å². The highest BCUT2D eigenvalue weighted by atomic mass is 127. The van der Waals surface area contributed by atoms with Crippen molar-refractivity contribution in [3.05, 3.63) is 56.8 Å². The zero-order valence-corrected chi connectivity index (χ0v) is 21.8. The topological polar surface area (TPSA) is 75.2 Å². The summed E-state index contributed by atoms with van der Waals surface area (Å²) >= 11 is 6.71. The number of rotatable bonds is 5. The maximum Gasteiger partial charge on any atom is 0.102 e. The SMILES string of the molecule is Cc1ccsc1-c1sc(-c2sc(-c3ccc(CC[NH3+])s3)cc2C)c(C#N)c1C#N.[I-]. The van der Waals surface area contributed by atoms with E-state index in [4.69, 9.17) is 0 Å². The molecule has 3 nitrogen and oxygen atoms in total. The number of halogens is 1. The van der Waals surface area contributed by atoms with Gasteiger partial charge in [0.15, 0.2) is 0 Å². The molecule has 4 heterocycles. The summed E-state index contributed by atoms with van der Waals surface area (Å²) in [5.41, 5.74) is 7.23. The van der Waals surface area contributed by atoms with Crippen LogP contribution in [0, 0.1) is 36.5 Å². The monoisotopic (exact) mass is 579 g/mol. The maximum absolute atomic E-state index is 9.86. The Morgan fingerprint density at radius 1 is 0.833 bits per heavy atom. The molecular formula is C22H18IN3S4. The van der Waals surface area contributed by atoms with Crippen molar-refractivity contribution in [2.45, 2.75) is 20.3 Å². The highest BCUT2D eigenvalue weighted by Gasteiger charge is 2.24. The average Bonchev–Trinajstić information content (AvgIpc) is 3.47. The van der Waals surface area contributed by atoms with E-state index in [0.29, 0.717) is 11.1 Å². The fourth-order valence-corrected chi connectivity index (χ4v) is 8.07. The third kappa shape index (κ3) is 4.13. The molecule has 4 aromatic rings. The molecule has 0 fully saturated rings. The number of thiophene rings is 4. The van der Waals surface area contributed by atoms with Crippen LogP contribution in [-0.2, 0) is 6.42 Å². The van der Waals surface area contributed by atoms with Crippen LogP contribution in [0.5, 0.6) is 0 Å². The van der Waals surface area contributed by atoms with Gasteiger partial charge in [0.25, 0.3) is 0 Å². The lowest BCUT2D eigenvalue weighted by Gasteiger charge is -1.96. The van der Waals surface area contributed by atoms with Gasteiger partial charge >= 0.3 is 0 Å². The minimum atomic E-state index is 0. The van der Waals surface area contributed by atoms with Gasteiger partial charge in [0.1, 0.15) is 12.1 Å². The first kappa shape index (κ1) is 23.1. The standard InChI is InChI=1S/C22H17N3S4.HI/c1-12-6-8-26-19(12)21-15(10-24)16(11-25)22(29-21)20-13(2)9-18(28-20)17-4-3-14(27-17)5-7-23;/h3-4,6,8-9H,5,7,23H2,1-2H3;1H. The van der Waals surface area contributed by atoms with Crippen molar-refractivity contribution < 1.29 is 29.7 Å². The summed E-state index contributed by atoms with van der Waals surface area (Å²) in [5.74, 6) is 0. The van der Waals surface area contributed by atoms with Gasteiger partial charge < -0.3 is 29.7 Å².